The third kappa shape index (κ3) is 9.21. The quantitative estimate of drug-likeness (QED) is 0.446. The van der Waals surface area contributed by atoms with Gasteiger partial charge in [0.05, 0.1) is 19.0 Å². The van der Waals surface area contributed by atoms with Crippen molar-refractivity contribution in [2.24, 2.45) is 0 Å². The topological polar surface area (TPSA) is 133 Å². The van der Waals surface area contributed by atoms with Crippen LogP contribution in [0.25, 0.3) is 0 Å². The number of nitrogens with zero attached hydrogens (tertiary/aromatic N) is 1. The fourth-order valence-electron chi connectivity index (χ4n) is 1.47. The van der Waals surface area contributed by atoms with E-state index in [9.17, 15) is 18.0 Å². The van der Waals surface area contributed by atoms with Gasteiger partial charge in [-0.2, -0.15) is 0 Å². The molecule has 1 unspecified atom stereocenters. The Bertz CT molecular complexity index is 438. The first-order valence-corrected chi connectivity index (χ1v) is 8.33. The van der Waals surface area contributed by atoms with E-state index >= 15 is 0 Å². The number of amides is 2. The van der Waals surface area contributed by atoms with E-state index in [0.717, 1.165) is 6.26 Å². The average Bonchev–Trinajstić information content (AvgIpc) is 2.37. The summed E-state index contributed by atoms with van der Waals surface area (Å²) in [6.07, 6.45) is 0.765. The Kier molecular flexibility index (Phi) is 8.90. The standard InChI is InChI=1S/C11H22N2O7S/c1-20-7-5-13(4-6-14)11(17)12-9(10(15)16)3-8-21(2,18)19/h9,14H,3-8H2,1-2H3,(H,12,17)(H,15,16). The van der Waals surface area contributed by atoms with E-state index in [1.807, 2.05) is 0 Å². The number of aliphatic carboxylic acids is 1. The Labute approximate surface area is 123 Å². The zero-order valence-electron chi connectivity index (χ0n) is 12.1. The zero-order chi connectivity index (χ0) is 16.5. The summed E-state index contributed by atoms with van der Waals surface area (Å²) >= 11 is 0. The van der Waals surface area contributed by atoms with Gasteiger partial charge in [-0.25, -0.2) is 18.0 Å². The molecule has 0 rings (SSSR count). The normalized spacial score (nSPS) is 12.7. The molecule has 0 aliphatic rings. The van der Waals surface area contributed by atoms with Gasteiger partial charge in [-0.05, 0) is 6.42 Å². The van der Waals surface area contributed by atoms with Crippen molar-refractivity contribution < 1.29 is 33.0 Å². The number of aliphatic hydroxyl groups is 1. The van der Waals surface area contributed by atoms with Crippen molar-refractivity contribution in [1.29, 1.82) is 0 Å². The summed E-state index contributed by atoms with van der Waals surface area (Å²) in [7, 11) is -1.88. The maximum atomic E-state index is 11.9. The summed E-state index contributed by atoms with van der Waals surface area (Å²) < 4.78 is 26.9. The number of sulfone groups is 1. The first-order valence-electron chi connectivity index (χ1n) is 6.27. The number of carbonyl (C=O) groups excluding carboxylic acids is 1. The van der Waals surface area contributed by atoms with Crippen LogP contribution in [0.1, 0.15) is 6.42 Å². The summed E-state index contributed by atoms with van der Waals surface area (Å²) in [5.41, 5.74) is 0. The van der Waals surface area contributed by atoms with E-state index in [-0.39, 0.29) is 38.5 Å². The van der Waals surface area contributed by atoms with Gasteiger partial charge in [-0.1, -0.05) is 0 Å². The molecule has 124 valence electrons. The van der Waals surface area contributed by atoms with Crippen LogP contribution in [0.4, 0.5) is 4.79 Å². The summed E-state index contributed by atoms with van der Waals surface area (Å²) in [4.78, 5) is 24.2. The van der Waals surface area contributed by atoms with Crippen LogP contribution < -0.4 is 5.32 Å². The molecule has 0 aromatic heterocycles. The van der Waals surface area contributed by atoms with Gasteiger partial charge < -0.3 is 25.2 Å². The van der Waals surface area contributed by atoms with Crippen molar-refractivity contribution in [3.05, 3.63) is 0 Å². The SMILES string of the molecule is COCCN(CCO)C(=O)NC(CCS(C)(=O)=O)C(=O)O. The molecule has 0 heterocycles. The molecule has 0 aliphatic carbocycles. The Morgan fingerprint density at radius 3 is 2.38 bits per heavy atom. The van der Waals surface area contributed by atoms with Crippen LogP contribution in [-0.2, 0) is 19.4 Å². The number of methoxy groups -OCH3 is 1. The molecule has 10 heteroatoms. The number of hydrogen-bond acceptors (Lipinski definition) is 6. The number of carboxylic acid groups (broad SMARTS) is 1. The summed E-state index contributed by atoms with van der Waals surface area (Å²) in [6, 6.07) is -2.00. The van der Waals surface area contributed by atoms with E-state index in [0.29, 0.717) is 0 Å². The molecular formula is C11H22N2O7S. The number of hydrogen-bond donors (Lipinski definition) is 3. The highest BCUT2D eigenvalue weighted by Gasteiger charge is 2.24. The molecule has 21 heavy (non-hydrogen) atoms. The highest BCUT2D eigenvalue weighted by Crippen LogP contribution is 1.99. The highest BCUT2D eigenvalue weighted by atomic mass is 32.2. The third-order valence-electron chi connectivity index (χ3n) is 2.60. The van der Waals surface area contributed by atoms with Crippen molar-refractivity contribution in [3.8, 4) is 0 Å². The lowest BCUT2D eigenvalue weighted by molar-refractivity contribution is -0.139. The van der Waals surface area contributed by atoms with Gasteiger partial charge in [0, 0.05) is 26.5 Å². The molecule has 3 N–H and O–H groups in total. The number of carbonyl (C=O) groups is 2. The summed E-state index contributed by atoms with van der Waals surface area (Å²) in [5.74, 6) is -1.66. The van der Waals surface area contributed by atoms with E-state index in [2.05, 4.69) is 5.32 Å². The second-order valence-corrected chi connectivity index (χ2v) is 6.72. The Hall–Kier alpha value is -1.39. The third-order valence-corrected chi connectivity index (χ3v) is 3.57. The van der Waals surface area contributed by atoms with Crippen LogP contribution in [0.15, 0.2) is 0 Å². The summed E-state index contributed by atoms with van der Waals surface area (Å²) in [5, 5.41) is 20.1. The number of ether oxygens (including phenoxy) is 1. The monoisotopic (exact) mass is 326 g/mol. The molecule has 0 bridgehead atoms. The van der Waals surface area contributed by atoms with Gasteiger partial charge in [0.15, 0.2) is 0 Å². The number of rotatable bonds is 10. The minimum Gasteiger partial charge on any atom is -0.480 e. The lowest BCUT2D eigenvalue weighted by Gasteiger charge is -2.24. The van der Waals surface area contributed by atoms with Crippen LogP contribution in [0.5, 0.6) is 0 Å². The van der Waals surface area contributed by atoms with Crippen LogP contribution in [0.3, 0.4) is 0 Å². The summed E-state index contributed by atoms with van der Waals surface area (Å²) in [6.45, 7) is 0.154. The fraction of sp³-hybridized carbons (Fsp3) is 0.818. The molecule has 9 nitrogen and oxygen atoms in total. The van der Waals surface area contributed by atoms with Gasteiger partial charge >= 0.3 is 12.0 Å². The van der Waals surface area contributed by atoms with Gasteiger partial charge in [0.1, 0.15) is 15.9 Å². The minimum atomic E-state index is -3.32. The maximum absolute atomic E-state index is 11.9. The van der Waals surface area contributed by atoms with Crippen LogP contribution in [0, 0.1) is 0 Å². The lowest BCUT2D eigenvalue weighted by atomic mass is 10.2. The number of carboxylic acids is 1. The van der Waals surface area contributed by atoms with Gasteiger partial charge in [0.25, 0.3) is 0 Å². The second kappa shape index (κ2) is 9.53. The van der Waals surface area contributed by atoms with Crippen LogP contribution >= 0.6 is 0 Å². The molecule has 0 saturated carbocycles. The maximum Gasteiger partial charge on any atom is 0.326 e. The Morgan fingerprint density at radius 1 is 1.33 bits per heavy atom. The lowest BCUT2D eigenvalue weighted by Crippen LogP contribution is -2.50. The molecule has 0 spiro atoms. The first-order chi connectivity index (χ1) is 9.71. The Balaban J connectivity index is 4.65. The molecule has 0 aromatic carbocycles. The largest absolute Gasteiger partial charge is 0.480 e. The molecule has 0 aliphatic heterocycles. The molecule has 0 radical (unpaired) electrons. The van der Waals surface area contributed by atoms with Crippen molar-refractivity contribution in [3.63, 3.8) is 0 Å². The number of nitrogens with one attached hydrogen (secondary N) is 1. The average molecular weight is 326 g/mol. The molecule has 0 saturated heterocycles. The van der Waals surface area contributed by atoms with Gasteiger partial charge in [-0.15, -0.1) is 0 Å². The van der Waals surface area contributed by atoms with E-state index in [4.69, 9.17) is 14.9 Å². The predicted octanol–water partition coefficient (Wildman–Crippen LogP) is -1.48. The van der Waals surface area contributed by atoms with Crippen molar-refractivity contribution in [1.82, 2.24) is 10.2 Å². The molecule has 0 fully saturated rings. The van der Waals surface area contributed by atoms with Gasteiger partial charge in [0.2, 0.25) is 0 Å². The molecule has 1 atom stereocenters. The highest BCUT2D eigenvalue weighted by molar-refractivity contribution is 7.90. The van der Waals surface area contributed by atoms with Gasteiger partial charge in [-0.3, -0.25) is 0 Å². The molecule has 0 aromatic rings. The zero-order valence-corrected chi connectivity index (χ0v) is 12.9. The minimum absolute atomic E-state index is 0.0214. The molecule has 2 amide bonds. The first kappa shape index (κ1) is 19.6. The van der Waals surface area contributed by atoms with Crippen LogP contribution in [-0.4, -0.2) is 87.0 Å². The van der Waals surface area contributed by atoms with E-state index < -0.39 is 27.9 Å². The van der Waals surface area contributed by atoms with E-state index in [1.165, 1.54) is 12.0 Å². The number of urea groups is 1. The van der Waals surface area contributed by atoms with Crippen molar-refractivity contribution in [2.75, 3.05) is 45.4 Å². The molecular weight excluding hydrogens is 304 g/mol. The van der Waals surface area contributed by atoms with Crippen molar-refractivity contribution >= 4 is 21.8 Å². The van der Waals surface area contributed by atoms with Crippen LogP contribution in [0.2, 0.25) is 0 Å². The fourth-order valence-corrected chi connectivity index (χ4v) is 2.13. The second-order valence-electron chi connectivity index (χ2n) is 4.46. The van der Waals surface area contributed by atoms with E-state index in [1.54, 1.807) is 0 Å². The van der Waals surface area contributed by atoms with Crippen molar-refractivity contribution in [2.45, 2.75) is 12.5 Å². The predicted molar refractivity (Wildman–Crippen MR) is 74.8 cm³/mol. The number of aliphatic hydroxyl groups excluding tert-OH is 1. The smallest absolute Gasteiger partial charge is 0.326 e. The Morgan fingerprint density at radius 2 is 1.95 bits per heavy atom.